The Hall–Kier alpha value is -4.02. The van der Waals surface area contributed by atoms with Crippen LogP contribution < -0.4 is 25.5 Å². The van der Waals surface area contributed by atoms with Gasteiger partial charge in [-0.25, -0.2) is 4.68 Å². The van der Waals surface area contributed by atoms with Crippen molar-refractivity contribution >= 4 is 61.8 Å². The maximum atomic E-state index is 13.1. The summed E-state index contributed by atoms with van der Waals surface area (Å²) in [5.74, 6) is -1.08. The van der Waals surface area contributed by atoms with Crippen LogP contribution in [0.1, 0.15) is 16.1 Å². The number of amides is 3. The average Bonchev–Trinajstić information content (AvgIpc) is 3.48. The fourth-order valence-corrected chi connectivity index (χ4v) is 4.17. The molecule has 0 saturated heterocycles. The molecule has 9 nitrogen and oxygen atoms in total. The third-order valence-electron chi connectivity index (χ3n) is 5.41. The molecule has 4 aromatic rings. The van der Waals surface area contributed by atoms with Gasteiger partial charge in [0, 0.05) is 27.1 Å². The summed E-state index contributed by atoms with van der Waals surface area (Å²) in [6.45, 7) is 0.245. The molecule has 5 rings (SSSR count). The summed E-state index contributed by atoms with van der Waals surface area (Å²) in [6.07, 6.45) is 0. The van der Waals surface area contributed by atoms with Crippen LogP contribution in [0.5, 0.6) is 11.5 Å². The van der Waals surface area contributed by atoms with Gasteiger partial charge < -0.3 is 20.1 Å². The minimum atomic E-state index is -0.934. The normalized spacial score (nSPS) is 11.8. The van der Waals surface area contributed by atoms with Crippen molar-refractivity contribution < 1.29 is 23.9 Å². The van der Waals surface area contributed by atoms with E-state index >= 15 is 0 Å². The minimum absolute atomic E-state index is 0.103. The highest BCUT2D eigenvalue weighted by Crippen LogP contribution is 2.32. The number of rotatable bonds is 5. The summed E-state index contributed by atoms with van der Waals surface area (Å²) in [7, 11) is 0. The predicted molar refractivity (Wildman–Crippen MR) is 138 cm³/mol. The Bertz CT molecular complexity index is 1500. The minimum Gasteiger partial charge on any atom is -0.454 e. The molecule has 0 atom stereocenters. The predicted octanol–water partition coefficient (Wildman–Crippen LogP) is 4.42. The smallest absolute Gasteiger partial charge is 0.328 e. The van der Waals surface area contributed by atoms with Gasteiger partial charge in [0.2, 0.25) is 6.79 Å². The Balaban J connectivity index is 1.34. The van der Waals surface area contributed by atoms with E-state index in [9.17, 15) is 14.4 Å². The molecule has 3 aromatic carbocycles. The number of ether oxygens (including phenoxy) is 2. The molecule has 1 aliphatic heterocycles. The number of nitrogens with one attached hydrogen (secondary N) is 3. The zero-order chi connectivity index (χ0) is 25.2. The second-order valence-corrected chi connectivity index (χ2v) is 9.19. The van der Waals surface area contributed by atoms with E-state index in [1.54, 1.807) is 66.7 Å². The summed E-state index contributed by atoms with van der Waals surface area (Å²) >= 11 is 9.33. The van der Waals surface area contributed by atoms with E-state index in [1.807, 2.05) is 0 Å². The highest BCUT2D eigenvalue weighted by molar-refractivity contribution is 9.10. The molecule has 0 spiro atoms. The summed E-state index contributed by atoms with van der Waals surface area (Å²) in [5, 5.41) is 6.56. The molecular formula is C25H18BrClN4O5. The van der Waals surface area contributed by atoms with Gasteiger partial charge in [0.05, 0.1) is 5.52 Å². The highest BCUT2D eigenvalue weighted by atomic mass is 79.9. The lowest BCUT2D eigenvalue weighted by Crippen LogP contribution is -2.39. The van der Waals surface area contributed by atoms with Crippen LogP contribution in [0.3, 0.4) is 0 Å². The molecule has 0 saturated carbocycles. The van der Waals surface area contributed by atoms with Crippen molar-refractivity contribution in [3.63, 3.8) is 0 Å². The van der Waals surface area contributed by atoms with E-state index in [4.69, 9.17) is 21.1 Å². The fourth-order valence-electron chi connectivity index (χ4n) is 3.67. The topological polar surface area (TPSA) is 111 Å². The molecule has 1 aromatic heterocycles. The van der Waals surface area contributed by atoms with Gasteiger partial charge >= 0.3 is 11.8 Å². The van der Waals surface area contributed by atoms with Crippen molar-refractivity contribution in [2.75, 3.05) is 17.5 Å². The van der Waals surface area contributed by atoms with Gasteiger partial charge in [-0.2, -0.15) is 0 Å². The second kappa shape index (κ2) is 9.92. The van der Waals surface area contributed by atoms with Crippen LogP contribution in [0.2, 0.25) is 5.02 Å². The van der Waals surface area contributed by atoms with Gasteiger partial charge in [-0.05, 0) is 66.2 Å². The van der Waals surface area contributed by atoms with Crippen LogP contribution >= 0.6 is 27.5 Å². The molecule has 0 unspecified atom stereocenters. The molecule has 3 amide bonds. The van der Waals surface area contributed by atoms with Crippen molar-refractivity contribution in [2.45, 2.75) is 6.54 Å². The lowest BCUT2D eigenvalue weighted by molar-refractivity contribution is -0.136. The lowest BCUT2D eigenvalue weighted by atomic mass is 10.2. The first-order valence-corrected chi connectivity index (χ1v) is 11.9. The standard InChI is InChI=1S/C25H18BrClN4O5/c26-16-2-7-19-15(10-16)11-20(23(32)29-18-5-3-17(27)4-6-18)31(19)30-25(34)24(33)28-12-14-1-8-21-22(9-14)36-13-35-21/h1-11H,12-13H2,(H,28,33)(H,29,32)(H,30,34). The van der Waals surface area contributed by atoms with Crippen molar-refractivity contribution in [3.8, 4) is 11.5 Å². The SMILES string of the molecule is O=C(NCc1ccc2c(c1)OCO2)C(=O)Nn1c(C(=O)Nc2ccc(Cl)cc2)cc2cc(Br)ccc21. The largest absolute Gasteiger partial charge is 0.454 e. The molecular weight excluding hydrogens is 552 g/mol. The van der Waals surface area contributed by atoms with E-state index in [1.165, 1.54) is 4.68 Å². The zero-order valence-electron chi connectivity index (χ0n) is 18.5. The number of fused-ring (bicyclic) bond motifs is 2. The maximum Gasteiger partial charge on any atom is 0.328 e. The van der Waals surface area contributed by atoms with Gasteiger partial charge in [0.25, 0.3) is 5.91 Å². The lowest BCUT2D eigenvalue weighted by Gasteiger charge is -2.13. The highest BCUT2D eigenvalue weighted by Gasteiger charge is 2.21. The molecule has 0 aliphatic carbocycles. The van der Waals surface area contributed by atoms with Gasteiger partial charge in [-0.1, -0.05) is 33.6 Å². The number of carbonyl (C=O) groups excluding carboxylic acids is 3. The Labute approximate surface area is 218 Å². The molecule has 0 bridgehead atoms. The van der Waals surface area contributed by atoms with E-state index in [0.29, 0.717) is 33.1 Å². The maximum absolute atomic E-state index is 13.1. The summed E-state index contributed by atoms with van der Waals surface area (Å²) in [4.78, 5) is 38.4. The first kappa shape index (κ1) is 23.7. The van der Waals surface area contributed by atoms with E-state index in [2.05, 4.69) is 32.0 Å². The number of hydrogen-bond acceptors (Lipinski definition) is 5. The number of benzene rings is 3. The first-order chi connectivity index (χ1) is 17.4. The Kier molecular flexibility index (Phi) is 6.53. The molecule has 0 radical (unpaired) electrons. The summed E-state index contributed by atoms with van der Waals surface area (Å²) in [6, 6.07) is 18.8. The number of hydrogen-bond donors (Lipinski definition) is 3. The number of aromatic nitrogens is 1. The van der Waals surface area contributed by atoms with Gasteiger partial charge in [0.1, 0.15) is 5.69 Å². The molecule has 11 heteroatoms. The van der Waals surface area contributed by atoms with E-state index < -0.39 is 17.7 Å². The first-order valence-electron chi connectivity index (χ1n) is 10.7. The Morgan fingerprint density at radius 3 is 2.50 bits per heavy atom. The number of carbonyl (C=O) groups is 3. The van der Waals surface area contributed by atoms with E-state index in [0.717, 1.165) is 10.0 Å². The quantitative estimate of drug-likeness (QED) is 0.308. The van der Waals surface area contributed by atoms with Gasteiger partial charge in [-0.15, -0.1) is 0 Å². The monoisotopic (exact) mass is 568 g/mol. The molecule has 2 heterocycles. The van der Waals surface area contributed by atoms with Crippen LogP contribution in [-0.4, -0.2) is 29.2 Å². The average molecular weight is 570 g/mol. The summed E-state index contributed by atoms with van der Waals surface area (Å²) in [5.41, 5.74) is 4.46. The van der Waals surface area contributed by atoms with Crippen molar-refractivity contribution in [1.82, 2.24) is 9.99 Å². The van der Waals surface area contributed by atoms with Gasteiger partial charge in [0.15, 0.2) is 11.5 Å². The van der Waals surface area contributed by atoms with Gasteiger partial charge in [-0.3, -0.25) is 19.8 Å². The van der Waals surface area contributed by atoms with Crippen LogP contribution in [0.15, 0.2) is 71.2 Å². The Morgan fingerprint density at radius 2 is 1.69 bits per heavy atom. The third-order valence-corrected chi connectivity index (χ3v) is 6.15. The van der Waals surface area contributed by atoms with Crippen LogP contribution in [-0.2, 0) is 16.1 Å². The van der Waals surface area contributed by atoms with Crippen LogP contribution in [0.25, 0.3) is 10.9 Å². The van der Waals surface area contributed by atoms with Crippen LogP contribution in [0, 0.1) is 0 Å². The number of halogens is 2. The summed E-state index contributed by atoms with van der Waals surface area (Å²) < 4.78 is 12.7. The number of anilines is 1. The fraction of sp³-hybridized carbons (Fsp3) is 0.0800. The molecule has 3 N–H and O–H groups in total. The molecule has 0 fully saturated rings. The molecule has 182 valence electrons. The second-order valence-electron chi connectivity index (χ2n) is 7.84. The van der Waals surface area contributed by atoms with Crippen molar-refractivity contribution in [3.05, 3.63) is 87.5 Å². The third kappa shape index (κ3) is 5.00. The van der Waals surface area contributed by atoms with Crippen molar-refractivity contribution in [1.29, 1.82) is 0 Å². The zero-order valence-corrected chi connectivity index (χ0v) is 20.9. The van der Waals surface area contributed by atoms with Crippen LogP contribution in [0.4, 0.5) is 5.69 Å². The van der Waals surface area contributed by atoms with Crippen molar-refractivity contribution in [2.24, 2.45) is 0 Å². The number of nitrogens with zero attached hydrogens (tertiary/aromatic N) is 1. The Morgan fingerprint density at radius 1 is 0.917 bits per heavy atom. The van der Waals surface area contributed by atoms with E-state index in [-0.39, 0.29) is 19.0 Å². The molecule has 36 heavy (non-hydrogen) atoms. The molecule has 1 aliphatic rings.